The molecule has 4 nitrogen and oxygen atoms in total. The average Bonchev–Trinajstić information content (AvgIpc) is 2.15. The Morgan fingerprint density at radius 2 is 2.20 bits per heavy atom. The van der Waals surface area contributed by atoms with E-state index in [2.05, 4.69) is 0 Å². The lowest BCUT2D eigenvalue weighted by atomic mass is 10.2. The van der Waals surface area contributed by atoms with Crippen LogP contribution < -0.4 is 17.2 Å². The summed E-state index contributed by atoms with van der Waals surface area (Å²) < 4.78 is 0. The monoisotopic (exact) mass is 225 g/mol. The van der Waals surface area contributed by atoms with Crippen molar-refractivity contribution in [2.45, 2.75) is 17.9 Å². The Balaban J connectivity index is 2.62. The lowest BCUT2D eigenvalue weighted by Gasteiger charge is -2.09. The van der Waals surface area contributed by atoms with Crippen molar-refractivity contribution in [3.63, 3.8) is 0 Å². The summed E-state index contributed by atoms with van der Waals surface area (Å²) in [4.78, 5) is 11.8. The van der Waals surface area contributed by atoms with Crippen molar-refractivity contribution in [1.29, 1.82) is 0 Å². The highest BCUT2D eigenvalue weighted by molar-refractivity contribution is 7.99. The van der Waals surface area contributed by atoms with Crippen molar-refractivity contribution in [1.82, 2.24) is 0 Å². The Morgan fingerprint density at radius 1 is 1.53 bits per heavy atom. The summed E-state index contributed by atoms with van der Waals surface area (Å²) in [6.45, 7) is 1.97. The van der Waals surface area contributed by atoms with Crippen LogP contribution in [0.25, 0.3) is 0 Å². The van der Waals surface area contributed by atoms with Crippen molar-refractivity contribution in [3.8, 4) is 0 Å². The molecule has 0 radical (unpaired) electrons. The molecule has 0 bridgehead atoms. The standard InChI is InChI=1S/C10H15N3OS/c1-6-4-7(11)2-3-9(6)15-5-8(12)10(13)14/h2-4,8H,5,11-12H2,1H3,(H2,13,14). The minimum absolute atomic E-state index is 0.476. The van der Waals surface area contributed by atoms with E-state index in [4.69, 9.17) is 17.2 Å². The highest BCUT2D eigenvalue weighted by atomic mass is 32.2. The molecule has 0 heterocycles. The molecule has 0 aliphatic rings. The molecule has 15 heavy (non-hydrogen) atoms. The first-order valence-electron chi connectivity index (χ1n) is 4.54. The number of nitrogens with two attached hydrogens (primary N) is 3. The van der Waals surface area contributed by atoms with Gasteiger partial charge < -0.3 is 17.2 Å². The number of hydrogen-bond donors (Lipinski definition) is 3. The molecule has 6 N–H and O–H groups in total. The van der Waals surface area contributed by atoms with E-state index >= 15 is 0 Å². The summed E-state index contributed by atoms with van der Waals surface area (Å²) in [6.07, 6.45) is 0. The fraction of sp³-hybridized carbons (Fsp3) is 0.300. The van der Waals surface area contributed by atoms with E-state index in [1.807, 2.05) is 25.1 Å². The molecule has 0 aliphatic heterocycles. The summed E-state index contributed by atoms with van der Waals surface area (Å²) in [7, 11) is 0. The zero-order valence-corrected chi connectivity index (χ0v) is 9.38. The Hall–Kier alpha value is -1.20. The molecule has 0 spiro atoms. The number of nitrogen functional groups attached to an aromatic ring is 1. The van der Waals surface area contributed by atoms with E-state index in [0.29, 0.717) is 5.75 Å². The van der Waals surface area contributed by atoms with Crippen LogP contribution in [0.4, 0.5) is 5.69 Å². The van der Waals surface area contributed by atoms with Crippen LogP contribution in [0.2, 0.25) is 0 Å². The SMILES string of the molecule is Cc1cc(N)ccc1SCC(N)C(N)=O. The van der Waals surface area contributed by atoms with Crippen LogP contribution in [-0.2, 0) is 4.79 Å². The molecule has 1 rings (SSSR count). The molecule has 1 aromatic carbocycles. The van der Waals surface area contributed by atoms with Crippen molar-refractivity contribution >= 4 is 23.4 Å². The summed E-state index contributed by atoms with van der Waals surface area (Å²) in [5.41, 5.74) is 18.0. The molecule has 0 saturated carbocycles. The van der Waals surface area contributed by atoms with Gasteiger partial charge >= 0.3 is 0 Å². The van der Waals surface area contributed by atoms with E-state index in [9.17, 15) is 4.79 Å². The van der Waals surface area contributed by atoms with Gasteiger partial charge in [0.2, 0.25) is 5.91 Å². The summed E-state index contributed by atoms with van der Waals surface area (Å²) in [5.74, 6) is 0.00990. The second-order valence-corrected chi connectivity index (χ2v) is 4.41. The molecule has 0 saturated heterocycles. The van der Waals surface area contributed by atoms with E-state index in [0.717, 1.165) is 16.1 Å². The molecule has 1 atom stereocenters. The minimum Gasteiger partial charge on any atom is -0.399 e. The second-order valence-electron chi connectivity index (χ2n) is 3.34. The average molecular weight is 225 g/mol. The highest BCUT2D eigenvalue weighted by Gasteiger charge is 2.10. The number of primary amides is 1. The number of amides is 1. The lowest BCUT2D eigenvalue weighted by Crippen LogP contribution is -2.38. The van der Waals surface area contributed by atoms with Gasteiger partial charge in [0.15, 0.2) is 0 Å². The first kappa shape index (κ1) is 11.9. The molecule has 1 unspecified atom stereocenters. The van der Waals surface area contributed by atoms with E-state index in [1.54, 1.807) is 0 Å². The Kier molecular flexibility index (Phi) is 3.99. The van der Waals surface area contributed by atoms with Crippen LogP contribution in [0, 0.1) is 6.92 Å². The maximum Gasteiger partial charge on any atom is 0.235 e. The van der Waals surface area contributed by atoms with E-state index < -0.39 is 11.9 Å². The first-order chi connectivity index (χ1) is 7.00. The van der Waals surface area contributed by atoms with Gasteiger partial charge in [0.25, 0.3) is 0 Å². The molecule has 82 valence electrons. The van der Waals surface area contributed by atoms with Gasteiger partial charge in [-0.25, -0.2) is 0 Å². The van der Waals surface area contributed by atoms with Crippen molar-refractivity contribution < 1.29 is 4.79 Å². The predicted octanol–water partition coefficient (Wildman–Crippen LogP) is 0.482. The molecule has 0 aliphatic carbocycles. The van der Waals surface area contributed by atoms with E-state index in [1.165, 1.54) is 11.8 Å². The number of rotatable bonds is 4. The van der Waals surface area contributed by atoms with Crippen LogP contribution in [0.15, 0.2) is 23.1 Å². The lowest BCUT2D eigenvalue weighted by molar-refractivity contribution is -0.118. The topological polar surface area (TPSA) is 95.1 Å². The van der Waals surface area contributed by atoms with Gasteiger partial charge in [-0.3, -0.25) is 4.79 Å². The smallest absolute Gasteiger partial charge is 0.235 e. The molecular weight excluding hydrogens is 210 g/mol. The van der Waals surface area contributed by atoms with Gasteiger partial charge in [-0.1, -0.05) is 0 Å². The van der Waals surface area contributed by atoms with Crippen LogP contribution >= 0.6 is 11.8 Å². The molecule has 5 heteroatoms. The minimum atomic E-state index is -0.605. The zero-order chi connectivity index (χ0) is 11.4. The number of aryl methyl sites for hydroxylation is 1. The van der Waals surface area contributed by atoms with Gasteiger partial charge in [0.05, 0.1) is 6.04 Å². The normalized spacial score (nSPS) is 12.4. The van der Waals surface area contributed by atoms with E-state index in [-0.39, 0.29) is 0 Å². The van der Waals surface area contributed by atoms with Crippen LogP contribution in [0.3, 0.4) is 0 Å². The maximum atomic E-state index is 10.7. The highest BCUT2D eigenvalue weighted by Crippen LogP contribution is 2.24. The van der Waals surface area contributed by atoms with Gasteiger partial charge in [0, 0.05) is 16.3 Å². The molecular formula is C10H15N3OS. The van der Waals surface area contributed by atoms with Gasteiger partial charge in [-0.05, 0) is 30.7 Å². The van der Waals surface area contributed by atoms with Crippen LogP contribution in [0.5, 0.6) is 0 Å². The van der Waals surface area contributed by atoms with Crippen molar-refractivity contribution in [2.75, 3.05) is 11.5 Å². The fourth-order valence-corrected chi connectivity index (χ4v) is 2.07. The van der Waals surface area contributed by atoms with Gasteiger partial charge in [-0.2, -0.15) is 0 Å². The molecule has 0 fully saturated rings. The van der Waals surface area contributed by atoms with Crippen molar-refractivity contribution in [2.24, 2.45) is 11.5 Å². The number of benzene rings is 1. The summed E-state index contributed by atoms with van der Waals surface area (Å²) in [6, 6.07) is 5.03. The summed E-state index contributed by atoms with van der Waals surface area (Å²) in [5, 5.41) is 0. The number of carbonyl (C=O) groups is 1. The van der Waals surface area contributed by atoms with Gasteiger partial charge in [0.1, 0.15) is 0 Å². The quantitative estimate of drug-likeness (QED) is 0.513. The Labute approximate surface area is 93.2 Å². The summed E-state index contributed by atoms with van der Waals surface area (Å²) >= 11 is 1.51. The second kappa shape index (κ2) is 5.04. The third-order valence-corrected chi connectivity index (χ3v) is 3.28. The third kappa shape index (κ3) is 3.45. The Morgan fingerprint density at radius 3 is 2.73 bits per heavy atom. The van der Waals surface area contributed by atoms with Gasteiger partial charge in [-0.15, -0.1) is 11.8 Å². The molecule has 0 aromatic heterocycles. The molecule has 1 amide bonds. The predicted molar refractivity (Wildman–Crippen MR) is 63.5 cm³/mol. The number of hydrogen-bond acceptors (Lipinski definition) is 4. The maximum absolute atomic E-state index is 10.7. The largest absolute Gasteiger partial charge is 0.399 e. The number of carbonyl (C=O) groups excluding carboxylic acids is 1. The molecule has 1 aromatic rings. The fourth-order valence-electron chi connectivity index (χ4n) is 1.10. The Bertz CT molecular complexity index is 368. The van der Waals surface area contributed by atoms with Crippen LogP contribution in [0.1, 0.15) is 5.56 Å². The third-order valence-electron chi connectivity index (χ3n) is 1.98. The van der Waals surface area contributed by atoms with Crippen LogP contribution in [-0.4, -0.2) is 17.7 Å². The first-order valence-corrected chi connectivity index (χ1v) is 5.53. The number of anilines is 1. The van der Waals surface area contributed by atoms with Crippen molar-refractivity contribution in [3.05, 3.63) is 23.8 Å². The zero-order valence-electron chi connectivity index (χ0n) is 8.57. The number of thioether (sulfide) groups is 1.